The van der Waals surface area contributed by atoms with E-state index in [0.717, 1.165) is 0 Å². The highest BCUT2D eigenvalue weighted by Crippen LogP contribution is 2.25. The number of nitrogens with zero attached hydrogens (tertiary/aromatic N) is 4. The summed E-state index contributed by atoms with van der Waals surface area (Å²) < 4.78 is 8.88. The quantitative estimate of drug-likeness (QED) is 0.405. The summed E-state index contributed by atoms with van der Waals surface area (Å²) in [5.74, 6) is 0. The van der Waals surface area contributed by atoms with Crippen LogP contribution >= 0.6 is 7.82 Å². The van der Waals surface area contributed by atoms with Gasteiger partial charge < -0.3 is 14.7 Å². The number of hydrogen-bond acceptors (Lipinski definition) is 5. The lowest BCUT2D eigenvalue weighted by atomic mass is 10.6. The second-order valence-corrected chi connectivity index (χ2v) is 3.10. The van der Waals surface area contributed by atoms with Crippen LogP contribution in [-0.2, 0) is 4.57 Å². The fourth-order valence-corrected chi connectivity index (χ4v) is 0.607. The Morgan fingerprint density at radius 3 is 2.50 bits per heavy atom. The third-order valence-electron chi connectivity index (χ3n) is 0.999. The number of nitrogens with one attached hydrogen (secondary N) is 1. The molecule has 0 aliphatic heterocycles. The third kappa shape index (κ3) is 4.01. The molecule has 2 rings (SSSR count). The summed E-state index contributed by atoms with van der Waals surface area (Å²) in [5, 5.41) is 9.92. The Hall–Kier alpha value is -1.41. The van der Waals surface area contributed by atoms with Crippen LogP contribution in [0, 0.1) is 0 Å². The molecular formula is C4H6N5O4P. The Morgan fingerprint density at radius 2 is 1.93 bits per heavy atom. The Morgan fingerprint density at radius 1 is 1.29 bits per heavy atom. The van der Waals surface area contributed by atoms with E-state index in [4.69, 9.17) is 19.2 Å². The molecule has 0 aliphatic rings. The van der Waals surface area contributed by atoms with Gasteiger partial charge in [-0.3, -0.25) is 0 Å². The minimum Gasteiger partial charge on any atom is -0.303 e. The molecule has 0 spiro atoms. The second-order valence-electron chi connectivity index (χ2n) is 2.07. The van der Waals surface area contributed by atoms with Crippen molar-refractivity contribution >= 4 is 19.0 Å². The first-order valence-electron chi connectivity index (χ1n) is 3.21. The average Bonchev–Trinajstić information content (AvgIpc) is 2.47. The van der Waals surface area contributed by atoms with Crippen LogP contribution < -0.4 is 0 Å². The summed E-state index contributed by atoms with van der Waals surface area (Å²) >= 11 is 0. The highest BCUT2D eigenvalue weighted by molar-refractivity contribution is 7.45. The smallest absolute Gasteiger partial charge is 0.303 e. The van der Waals surface area contributed by atoms with Crippen LogP contribution in [0.2, 0.25) is 0 Å². The van der Waals surface area contributed by atoms with Gasteiger partial charge in [0.2, 0.25) is 5.65 Å². The van der Waals surface area contributed by atoms with E-state index < -0.39 is 7.82 Å². The summed E-state index contributed by atoms with van der Waals surface area (Å²) in [6, 6.07) is 0. The van der Waals surface area contributed by atoms with Crippen LogP contribution in [0.25, 0.3) is 11.2 Å². The standard InChI is InChI=1S/C4H3N5.H3O4P/c1-3-4(6-2-5-1)8-9-7-3;1-5(2,3)4/h1-2H,(H,5,6,7,8,9);(H3,1,2,3,4). The SMILES string of the molecule is O=P(O)(O)O.c1ncc2n[nH]nc2n1. The van der Waals surface area contributed by atoms with E-state index in [1.807, 2.05) is 0 Å². The Bertz CT molecular complexity index is 413. The molecule has 0 aliphatic carbocycles. The van der Waals surface area contributed by atoms with Crippen LogP contribution in [0.5, 0.6) is 0 Å². The molecule has 10 heteroatoms. The molecule has 0 amide bonds. The molecule has 2 aromatic heterocycles. The van der Waals surface area contributed by atoms with Gasteiger partial charge in [-0.05, 0) is 0 Å². The van der Waals surface area contributed by atoms with Gasteiger partial charge in [0.25, 0.3) is 0 Å². The average molecular weight is 219 g/mol. The van der Waals surface area contributed by atoms with Crippen molar-refractivity contribution in [2.24, 2.45) is 0 Å². The van der Waals surface area contributed by atoms with E-state index in [2.05, 4.69) is 25.4 Å². The van der Waals surface area contributed by atoms with Gasteiger partial charge in [0.1, 0.15) is 11.8 Å². The van der Waals surface area contributed by atoms with E-state index >= 15 is 0 Å². The number of H-pyrrole nitrogens is 1. The van der Waals surface area contributed by atoms with Crippen molar-refractivity contribution in [1.29, 1.82) is 0 Å². The van der Waals surface area contributed by atoms with E-state index in [9.17, 15) is 0 Å². The molecule has 0 bridgehead atoms. The minimum absolute atomic E-state index is 0.602. The van der Waals surface area contributed by atoms with Crippen molar-refractivity contribution in [3.8, 4) is 0 Å². The number of aromatic nitrogens is 5. The summed E-state index contributed by atoms with van der Waals surface area (Å²) in [6.45, 7) is 0. The van der Waals surface area contributed by atoms with Gasteiger partial charge in [-0.15, -0.1) is 5.10 Å². The molecule has 0 unspecified atom stereocenters. The first-order valence-corrected chi connectivity index (χ1v) is 4.78. The Labute approximate surface area is 77.1 Å². The lowest BCUT2D eigenvalue weighted by Crippen LogP contribution is -1.76. The molecule has 2 aromatic rings. The van der Waals surface area contributed by atoms with E-state index in [1.165, 1.54) is 6.33 Å². The highest BCUT2D eigenvalue weighted by Gasteiger charge is 2.00. The Kier molecular flexibility index (Phi) is 3.20. The fraction of sp³-hybridized carbons (Fsp3) is 0. The zero-order valence-corrected chi connectivity index (χ0v) is 7.54. The van der Waals surface area contributed by atoms with E-state index in [1.54, 1.807) is 6.20 Å². The zero-order chi connectivity index (χ0) is 10.6. The molecule has 0 atom stereocenters. The third-order valence-corrected chi connectivity index (χ3v) is 0.999. The largest absolute Gasteiger partial charge is 0.466 e. The zero-order valence-electron chi connectivity index (χ0n) is 6.64. The number of hydrogen-bond donors (Lipinski definition) is 4. The Balaban J connectivity index is 0.000000171. The fourth-order valence-electron chi connectivity index (χ4n) is 0.607. The molecule has 0 fully saturated rings. The van der Waals surface area contributed by atoms with Crippen LogP contribution in [-0.4, -0.2) is 40.1 Å². The van der Waals surface area contributed by atoms with Gasteiger partial charge in [-0.2, -0.15) is 10.3 Å². The van der Waals surface area contributed by atoms with Crippen LogP contribution in [0.3, 0.4) is 0 Å². The predicted molar refractivity (Wildman–Crippen MR) is 43.7 cm³/mol. The summed E-state index contributed by atoms with van der Waals surface area (Å²) in [7, 11) is -4.64. The maximum Gasteiger partial charge on any atom is 0.466 e. The summed E-state index contributed by atoms with van der Waals surface area (Å²) in [5.41, 5.74) is 1.29. The van der Waals surface area contributed by atoms with Crippen molar-refractivity contribution in [3.63, 3.8) is 0 Å². The molecule has 76 valence electrons. The molecule has 2 heterocycles. The molecular weight excluding hydrogens is 213 g/mol. The molecule has 4 N–H and O–H groups in total. The number of fused-ring (bicyclic) bond motifs is 1. The first kappa shape index (κ1) is 10.7. The monoisotopic (exact) mass is 219 g/mol. The van der Waals surface area contributed by atoms with Gasteiger partial charge in [-0.25, -0.2) is 14.5 Å². The van der Waals surface area contributed by atoms with Crippen molar-refractivity contribution in [2.75, 3.05) is 0 Å². The molecule has 0 saturated heterocycles. The summed E-state index contributed by atoms with van der Waals surface area (Å²) in [6.07, 6.45) is 3.04. The van der Waals surface area contributed by atoms with Crippen LogP contribution in [0.4, 0.5) is 0 Å². The highest BCUT2D eigenvalue weighted by atomic mass is 31.2. The van der Waals surface area contributed by atoms with Gasteiger partial charge in [-0.1, -0.05) is 0 Å². The topological polar surface area (TPSA) is 145 Å². The van der Waals surface area contributed by atoms with Crippen molar-refractivity contribution in [2.45, 2.75) is 0 Å². The minimum atomic E-state index is -4.64. The van der Waals surface area contributed by atoms with Crippen LogP contribution in [0.1, 0.15) is 0 Å². The van der Waals surface area contributed by atoms with Gasteiger partial charge in [0, 0.05) is 0 Å². The van der Waals surface area contributed by atoms with Crippen LogP contribution in [0.15, 0.2) is 12.5 Å². The van der Waals surface area contributed by atoms with Crippen molar-refractivity contribution < 1.29 is 19.2 Å². The lowest BCUT2D eigenvalue weighted by molar-refractivity contribution is 0.275. The van der Waals surface area contributed by atoms with E-state index in [-0.39, 0.29) is 0 Å². The molecule has 14 heavy (non-hydrogen) atoms. The van der Waals surface area contributed by atoms with Gasteiger partial charge in [0.05, 0.1) is 6.20 Å². The van der Waals surface area contributed by atoms with Crippen molar-refractivity contribution in [3.05, 3.63) is 12.5 Å². The summed E-state index contributed by atoms with van der Waals surface area (Å²) in [4.78, 5) is 29.1. The predicted octanol–water partition coefficient (Wildman–Crippen LogP) is -1.18. The first-order chi connectivity index (χ1) is 6.47. The molecule has 0 radical (unpaired) electrons. The molecule has 0 aromatic carbocycles. The van der Waals surface area contributed by atoms with E-state index in [0.29, 0.717) is 11.2 Å². The maximum absolute atomic E-state index is 8.88. The number of aromatic amines is 1. The maximum atomic E-state index is 8.88. The lowest BCUT2D eigenvalue weighted by Gasteiger charge is -1.82. The number of phosphoric acid groups is 1. The number of rotatable bonds is 0. The molecule has 9 nitrogen and oxygen atoms in total. The van der Waals surface area contributed by atoms with Gasteiger partial charge >= 0.3 is 7.82 Å². The second kappa shape index (κ2) is 4.20. The molecule has 0 saturated carbocycles. The van der Waals surface area contributed by atoms with Crippen molar-refractivity contribution in [1.82, 2.24) is 25.4 Å². The van der Waals surface area contributed by atoms with Gasteiger partial charge in [0.15, 0.2) is 0 Å². The normalized spacial score (nSPS) is 10.8.